The molecule has 0 fully saturated rings. The molecule has 0 unspecified atom stereocenters. The van der Waals surface area contributed by atoms with Gasteiger partial charge in [0.2, 0.25) is 0 Å². The van der Waals surface area contributed by atoms with Crippen LogP contribution in [0.4, 0.5) is 5.69 Å². The third-order valence-electron chi connectivity index (χ3n) is 7.45. The molecule has 4 rings (SSSR count). The van der Waals surface area contributed by atoms with Crippen LogP contribution in [0.25, 0.3) is 16.8 Å². The summed E-state index contributed by atoms with van der Waals surface area (Å²) in [5.41, 5.74) is 6.10. The first-order chi connectivity index (χ1) is 21.6. The van der Waals surface area contributed by atoms with Crippen molar-refractivity contribution in [2.24, 2.45) is 5.41 Å². The van der Waals surface area contributed by atoms with E-state index < -0.39 is 0 Å². The number of aromatic nitrogens is 4. The van der Waals surface area contributed by atoms with Gasteiger partial charge in [0.25, 0.3) is 11.8 Å². The summed E-state index contributed by atoms with van der Waals surface area (Å²) in [6.45, 7) is 19.7. The quantitative estimate of drug-likeness (QED) is 0.185. The molecule has 2 heterocycles. The van der Waals surface area contributed by atoms with E-state index in [1.165, 1.54) is 0 Å². The van der Waals surface area contributed by atoms with E-state index in [0.717, 1.165) is 28.1 Å². The van der Waals surface area contributed by atoms with Gasteiger partial charge in [0.15, 0.2) is 5.75 Å². The Bertz CT molecular complexity index is 1690. The standard InChI is InChI=1S/C36H47N7O3/c1-22(2)37-19-28-20-43(42-41-28)31-16-26(36(7,8)9)15-30(32(31)46-10)34(45)40-27-17-29(23(3)38-18-27)24-11-13-25(14-12-24)33(44)39-21-35(4,5)6/h11-18,20,22,37H,19,21H2,1-10H3,(H,39,44)(H,40,45). The molecule has 10 nitrogen and oxygen atoms in total. The number of hydrogen-bond acceptors (Lipinski definition) is 7. The number of benzene rings is 2. The molecule has 46 heavy (non-hydrogen) atoms. The Morgan fingerprint density at radius 2 is 1.67 bits per heavy atom. The van der Waals surface area contributed by atoms with Crippen LogP contribution in [0.15, 0.2) is 54.9 Å². The van der Waals surface area contributed by atoms with Gasteiger partial charge in [0.1, 0.15) is 5.69 Å². The fraction of sp³-hybridized carbons (Fsp3) is 0.417. The number of methoxy groups -OCH3 is 1. The number of rotatable bonds is 10. The van der Waals surface area contributed by atoms with Crippen LogP contribution in [0.5, 0.6) is 5.75 Å². The van der Waals surface area contributed by atoms with E-state index in [2.05, 4.69) is 86.6 Å². The van der Waals surface area contributed by atoms with Crippen molar-refractivity contribution >= 4 is 17.5 Å². The number of nitrogens with zero attached hydrogens (tertiary/aromatic N) is 4. The maximum atomic E-state index is 13.9. The van der Waals surface area contributed by atoms with Crippen LogP contribution >= 0.6 is 0 Å². The average Bonchev–Trinajstić information content (AvgIpc) is 3.47. The number of amides is 2. The van der Waals surface area contributed by atoms with Crippen molar-refractivity contribution < 1.29 is 14.3 Å². The minimum Gasteiger partial charge on any atom is -0.494 e. The van der Waals surface area contributed by atoms with Crippen LogP contribution in [-0.4, -0.2) is 51.5 Å². The average molecular weight is 626 g/mol. The highest BCUT2D eigenvalue weighted by Crippen LogP contribution is 2.35. The Balaban J connectivity index is 1.64. The van der Waals surface area contributed by atoms with Crippen molar-refractivity contribution in [2.75, 3.05) is 19.0 Å². The highest BCUT2D eigenvalue weighted by molar-refractivity contribution is 6.07. The number of aryl methyl sites for hydroxylation is 1. The minimum atomic E-state index is -0.339. The first-order valence-electron chi connectivity index (χ1n) is 15.6. The molecule has 0 aliphatic carbocycles. The topological polar surface area (TPSA) is 123 Å². The zero-order valence-electron chi connectivity index (χ0n) is 28.7. The maximum absolute atomic E-state index is 13.9. The normalized spacial score (nSPS) is 11.9. The van der Waals surface area contributed by atoms with E-state index >= 15 is 0 Å². The lowest BCUT2D eigenvalue weighted by Crippen LogP contribution is -2.32. The molecule has 2 aromatic carbocycles. The second kappa shape index (κ2) is 13.8. The number of hydrogen-bond donors (Lipinski definition) is 3. The molecule has 3 N–H and O–H groups in total. The van der Waals surface area contributed by atoms with Crippen molar-refractivity contribution in [3.8, 4) is 22.6 Å². The molecule has 2 amide bonds. The lowest BCUT2D eigenvalue weighted by Gasteiger charge is -2.23. The molecule has 0 bridgehead atoms. The van der Waals surface area contributed by atoms with Crippen molar-refractivity contribution in [1.82, 2.24) is 30.6 Å². The van der Waals surface area contributed by atoms with E-state index in [4.69, 9.17) is 4.74 Å². The Morgan fingerprint density at radius 3 is 2.28 bits per heavy atom. The zero-order valence-corrected chi connectivity index (χ0v) is 28.7. The smallest absolute Gasteiger partial charge is 0.259 e. The number of carbonyl (C=O) groups excluding carboxylic acids is 2. The second-order valence-corrected chi connectivity index (χ2v) is 14.1. The molecule has 0 aliphatic heterocycles. The Kier molecular flexibility index (Phi) is 10.3. The molecule has 0 saturated carbocycles. The minimum absolute atomic E-state index is 0.00626. The highest BCUT2D eigenvalue weighted by atomic mass is 16.5. The van der Waals surface area contributed by atoms with Crippen LogP contribution in [0, 0.1) is 12.3 Å². The highest BCUT2D eigenvalue weighted by Gasteiger charge is 2.25. The first-order valence-corrected chi connectivity index (χ1v) is 15.6. The van der Waals surface area contributed by atoms with Gasteiger partial charge >= 0.3 is 0 Å². The van der Waals surface area contributed by atoms with E-state index in [0.29, 0.717) is 47.4 Å². The summed E-state index contributed by atoms with van der Waals surface area (Å²) in [7, 11) is 1.54. The monoisotopic (exact) mass is 625 g/mol. The van der Waals surface area contributed by atoms with Gasteiger partial charge in [-0.1, -0.05) is 72.7 Å². The van der Waals surface area contributed by atoms with E-state index in [-0.39, 0.29) is 22.6 Å². The Labute approximate surface area is 272 Å². The predicted molar refractivity (Wildman–Crippen MR) is 183 cm³/mol. The largest absolute Gasteiger partial charge is 0.494 e. The lowest BCUT2D eigenvalue weighted by atomic mass is 9.85. The zero-order chi connectivity index (χ0) is 33.8. The number of ether oxygens (including phenoxy) is 1. The van der Waals surface area contributed by atoms with Crippen LogP contribution in [0.2, 0.25) is 0 Å². The number of carbonyl (C=O) groups is 2. The summed E-state index contributed by atoms with van der Waals surface area (Å²) >= 11 is 0. The van der Waals surface area contributed by atoms with Gasteiger partial charge in [-0.25, -0.2) is 4.68 Å². The SMILES string of the molecule is COc1c(C(=O)Nc2cnc(C)c(-c3ccc(C(=O)NCC(C)(C)C)cc3)c2)cc(C(C)(C)C)cc1-n1cc(CNC(C)C)nn1. The van der Waals surface area contributed by atoms with Crippen LogP contribution < -0.4 is 20.7 Å². The van der Waals surface area contributed by atoms with Crippen LogP contribution in [0.1, 0.15) is 93.1 Å². The fourth-order valence-electron chi connectivity index (χ4n) is 4.75. The van der Waals surface area contributed by atoms with Gasteiger partial charge in [-0.05, 0) is 59.2 Å². The first kappa shape index (κ1) is 34.3. The molecule has 0 radical (unpaired) electrons. The van der Waals surface area contributed by atoms with Crippen molar-refractivity contribution in [3.63, 3.8) is 0 Å². The predicted octanol–water partition coefficient (Wildman–Crippen LogP) is 6.47. The molecule has 4 aromatic rings. The summed E-state index contributed by atoms with van der Waals surface area (Å²) in [6, 6.07) is 13.4. The van der Waals surface area contributed by atoms with Gasteiger partial charge in [0.05, 0.1) is 36.4 Å². The second-order valence-electron chi connectivity index (χ2n) is 14.1. The number of nitrogens with one attached hydrogen (secondary N) is 3. The Morgan fingerprint density at radius 1 is 0.978 bits per heavy atom. The summed E-state index contributed by atoms with van der Waals surface area (Å²) in [5, 5.41) is 18.0. The van der Waals surface area contributed by atoms with Gasteiger partial charge in [-0.15, -0.1) is 5.10 Å². The molecule has 0 aliphatic rings. The third kappa shape index (κ3) is 8.57. The summed E-state index contributed by atoms with van der Waals surface area (Å²) < 4.78 is 7.48. The van der Waals surface area contributed by atoms with Gasteiger partial charge in [0, 0.05) is 36.0 Å². The van der Waals surface area contributed by atoms with Gasteiger partial charge < -0.3 is 20.7 Å². The fourth-order valence-corrected chi connectivity index (χ4v) is 4.75. The van der Waals surface area contributed by atoms with E-state index in [9.17, 15) is 9.59 Å². The maximum Gasteiger partial charge on any atom is 0.259 e. The molecule has 10 heteroatoms. The van der Waals surface area contributed by atoms with Gasteiger partial charge in [-0.3, -0.25) is 14.6 Å². The van der Waals surface area contributed by atoms with Crippen molar-refractivity contribution in [3.05, 3.63) is 82.9 Å². The molecule has 244 valence electrons. The lowest BCUT2D eigenvalue weighted by molar-refractivity contribution is 0.0938. The third-order valence-corrected chi connectivity index (χ3v) is 7.45. The van der Waals surface area contributed by atoms with Crippen molar-refractivity contribution in [2.45, 2.75) is 80.3 Å². The number of pyridine rings is 1. The van der Waals surface area contributed by atoms with Gasteiger partial charge in [-0.2, -0.15) is 0 Å². The summed E-state index contributed by atoms with van der Waals surface area (Å²) in [5.74, 6) is -0.0645. The molecule has 0 spiro atoms. The molecular formula is C36H47N7O3. The Hall–Kier alpha value is -4.57. The molecular weight excluding hydrogens is 578 g/mol. The molecule has 0 saturated heterocycles. The van der Waals surface area contributed by atoms with Crippen molar-refractivity contribution in [1.29, 1.82) is 0 Å². The summed E-state index contributed by atoms with van der Waals surface area (Å²) in [4.78, 5) is 31.1. The summed E-state index contributed by atoms with van der Waals surface area (Å²) in [6.07, 6.45) is 3.48. The van der Waals surface area contributed by atoms with Crippen LogP contribution in [-0.2, 0) is 12.0 Å². The van der Waals surface area contributed by atoms with Crippen LogP contribution in [0.3, 0.4) is 0 Å². The van der Waals surface area contributed by atoms with E-state index in [1.807, 2.05) is 43.5 Å². The van der Waals surface area contributed by atoms with E-state index in [1.54, 1.807) is 30.1 Å². The molecule has 2 aromatic heterocycles. The number of anilines is 1. The molecule has 0 atom stereocenters.